The van der Waals surface area contributed by atoms with Gasteiger partial charge < -0.3 is 9.47 Å². The Morgan fingerprint density at radius 3 is 1.72 bits per heavy atom. The third kappa shape index (κ3) is 4.72. The smallest absolute Gasteiger partial charge is 0.0728 e. The molecule has 0 atom stereocenters. The summed E-state index contributed by atoms with van der Waals surface area (Å²) in [6, 6.07) is 65.4. The number of rotatable bonds is 6. The first kappa shape index (κ1) is 27.4. The number of fused-ring (bicyclic) bond motifs is 5. The van der Waals surface area contributed by atoms with Crippen LogP contribution in [0.1, 0.15) is 0 Å². The van der Waals surface area contributed by atoms with Crippen LogP contribution in [0.3, 0.4) is 0 Å². The maximum Gasteiger partial charge on any atom is 0.0728 e. The van der Waals surface area contributed by atoms with Gasteiger partial charge in [0.1, 0.15) is 0 Å². The molecule has 222 valence electrons. The Morgan fingerprint density at radius 2 is 0.979 bits per heavy atom. The van der Waals surface area contributed by atoms with Crippen molar-refractivity contribution < 1.29 is 0 Å². The van der Waals surface area contributed by atoms with Crippen molar-refractivity contribution in [2.45, 2.75) is 0 Å². The molecule has 2 nitrogen and oxygen atoms in total. The van der Waals surface area contributed by atoms with Crippen LogP contribution in [-0.4, -0.2) is 4.57 Å². The number of hydrogen-bond acceptors (Lipinski definition) is 2. The van der Waals surface area contributed by atoms with Crippen molar-refractivity contribution in [3.8, 4) is 27.9 Å². The molecule has 0 fully saturated rings. The maximum absolute atomic E-state index is 2.43. The van der Waals surface area contributed by atoms with Crippen LogP contribution in [0.15, 0.2) is 182 Å². The van der Waals surface area contributed by atoms with E-state index in [4.69, 9.17) is 0 Å². The quantitative estimate of drug-likeness (QED) is 0.180. The van der Waals surface area contributed by atoms with Crippen LogP contribution in [0.2, 0.25) is 0 Å². The summed E-state index contributed by atoms with van der Waals surface area (Å²) in [5.41, 5.74) is 11.9. The second-order valence-corrected chi connectivity index (χ2v) is 12.8. The summed E-state index contributed by atoms with van der Waals surface area (Å²) in [6.45, 7) is 0. The molecule has 0 aliphatic heterocycles. The predicted octanol–water partition coefficient (Wildman–Crippen LogP) is 12.8. The minimum absolute atomic E-state index is 1.12. The minimum Gasteiger partial charge on any atom is -0.309 e. The summed E-state index contributed by atoms with van der Waals surface area (Å²) < 4.78 is 5.01. The van der Waals surface area contributed by atoms with E-state index < -0.39 is 0 Å². The van der Waals surface area contributed by atoms with Crippen LogP contribution >= 0.6 is 11.3 Å². The number of aromatic nitrogens is 1. The van der Waals surface area contributed by atoms with E-state index >= 15 is 0 Å². The molecule has 7 aromatic carbocycles. The molecule has 0 N–H and O–H groups in total. The standard InChI is InChI=1S/C44H30N2S/c1-4-14-31(15-5-1)33-26-28-36(29-27-33)45(37-21-12-18-34(30-37)32-16-6-2-7-17-32)41-25-13-23-39-42-44(47-43(39)41)38-22-10-11-24-40(38)46(42)35-19-8-3-9-20-35/h1-30H. The lowest BCUT2D eigenvalue weighted by Gasteiger charge is -2.27. The van der Waals surface area contributed by atoms with Gasteiger partial charge in [0.15, 0.2) is 0 Å². The third-order valence-corrected chi connectivity index (χ3v) is 10.2. The van der Waals surface area contributed by atoms with Crippen LogP contribution in [0.4, 0.5) is 17.1 Å². The molecule has 0 bridgehead atoms. The third-order valence-electron chi connectivity index (χ3n) is 8.98. The van der Waals surface area contributed by atoms with Crippen molar-refractivity contribution >= 4 is 59.6 Å². The first-order chi connectivity index (χ1) is 23.3. The molecule has 0 unspecified atom stereocenters. The fourth-order valence-electron chi connectivity index (χ4n) is 6.81. The number of hydrogen-bond donors (Lipinski definition) is 0. The number of benzene rings is 7. The Hall–Kier alpha value is -5.90. The highest BCUT2D eigenvalue weighted by molar-refractivity contribution is 7.27. The second-order valence-electron chi connectivity index (χ2n) is 11.8. The number of nitrogens with zero attached hydrogens (tertiary/aromatic N) is 2. The van der Waals surface area contributed by atoms with Crippen molar-refractivity contribution in [2.75, 3.05) is 4.90 Å². The summed E-state index contributed by atoms with van der Waals surface area (Å²) in [5.74, 6) is 0. The maximum atomic E-state index is 2.43. The zero-order valence-electron chi connectivity index (χ0n) is 25.6. The average molecular weight is 619 g/mol. The van der Waals surface area contributed by atoms with Crippen molar-refractivity contribution in [1.29, 1.82) is 0 Å². The summed E-state index contributed by atoms with van der Waals surface area (Å²) in [7, 11) is 0. The largest absolute Gasteiger partial charge is 0.309 e. The summed E-state index contributed by atoms with van der Waals surface area (Å²) in [5, 5.41) is 2.54. The van der Waals surface area contributed by atoms with E-state index in [2.05, 4.69) is 191 Å². The molecule has 47 heavy (non-hydrogen) atoms. The topological polar surface area (TPSA) is 8.17 Å². The highest BCUT2D eigenvalue weighted by atomic mass is 32.1. The molecule has 2 aromatic heterocycles. The van der Waals surface area contributed by atoms with Gasteiger partial charge >= 0.3 is 0 Å². The lowest BCUT2D eigenvalue weighted by molar-refractivity contribution is 1.19. The molecule has 2 heterocycles. The van der Waals surface area contributed by atoms with E-state index in [9.17, 15) is 0 Å². The fraction of sp³-hybridized carbons (Fsp3) is 0. The Labute approximate surface area is 278 Å². The van der Waals surface area contributed by atoms with E-state index in [0.29, 0.717) is 0 Å². The highest BCUT2D eigenvalue weighted by Crippen LogP contribution is 2.48. The molecule has 0 saturated carbocycles. The van der Waals surface area contributed by atoms with E-state index in [1.807, 2.05) is 11.3 Å². The minimum atomic E-state index is 1.12. The van der Waals surface area contributed by atoms with Crippen molar-refractivity contribution in [1.82, 2.24) is 4.57 Å². The van der Waals surface area contributed by atoms with Crippen LogP contribution in [0.5, 0.6) is 0 Å². The fourth-order valence-corrected chi connectivity index (χ4v) is 8.14. The van der Waals surface area contributed by atoms with Gasteiger partial charge in [0.25, 0.3) is 0 Å². The predicted molar refractivity (Wildman–Crippen MR) is 202 cm³/mol. The number of thiophene rings is 1. The van der Waals surface area contributed by atoms with Gasteiger partial charge in [-0.1, -0.05) is 133 Å². The molecular weight excluding hydrogens is 589 g/mol. The zero-order valence-corrected chi connectivity index (χ0v) is 26.4. The average Bonchev–Trinajstić information content (AvgIpc) is 3.69. The van der Waals surface area contributed by atoms with Gasteiger partial charge in [-0.05, 0) is 70.8 Å². The molecule has 3 heteroatoms. The van der Waals surface area contributed by atoms with E-state index in [0.717, 1.165) is 11.4 Å². The molecule has 0 aliphatic rings. The van der Waals surface area contributed by atoms with Gasteiger partial charge in [-0.25, -0.2) is 0 Å². The molecule has 0 spiro atoms. The lowest BCUT2D eigenvalue weighted by atomic mass is 10.0. The van der Waals surface area contributed by atoms with Gasteiger partial charge in [-0.15, -0.1) is 11.3 Å². The van der Waals surface area contributed by atoms with E-state index in [1.165, 1.54) is 64.8 Å². The van der Waals surface area contributed by atoms with Crippen LogP contribution in [-0.2, 0) is 0 Å². The van der Waals surface area contributed by atoms with Crippen LogP contribution in [0.25, 0.3) is 59.1 Å². The van der Waals surface area contributed by atoms with Crippen molar-refractivity contribution in [3.05, 3.63) is 182 Å². The molecular formula is C44H30N2S. The molecule has 0 aliphatic carbocycles. The highest BCUT2D eigenvalue weighted by Gasteiger charge is 2.22. The van der Waals surface area contributed by atoms with Crippen molar-refractivity contribution in [2.24, 2.45) is 0 Å². The molecule has 0 saturated heterocycles. The van der Waals surface area contributed by atoms with E-state index in [-0.39, 0.29) is 0 Å². The number of anilines is 3. The molecule has 0 radical (unpaired) electrons. The van der Waals surface area contributed by atoms with Gasteiger partial charge in [-0.3, -0.25) is 0 Å². The zero-order chi connectivity index (χ0) is 31.2. The first-order valence-corrected chi connectivity index (χ1v) is 16.8. The second kappa shape index (κ2) is 11.5. The monoisotopic (exact) mass is 618 g/mol. The Morgan fingerprint density at radius 1 is 0.404 bits per heavy atom. The van der Waals surface area contributed by atoms with Gasteiger partial charge in [0, 0.05) is 27.8 Å². The summed E-state index contributed by atoms with van der Waals surface area (Å²) in [4.78, 5) is 2.42. The SMILES string of the molecule is c1ccc(-c2ccc(N(c3cccc(-c4ccccc4)c3)c3cccc4c3sc3c5ccccc5n(-c5ccccc5)c43)cc2)cc1. The van der Waals surface area contributed by atoms with Gasteiger partial charge in [-0.2, -0.15) is 0 Å². The van der Waals surface area contributed by atoms with Gasteiger partial charge in [0.05, 0.1) is 26.1 Å². The first-order valence-electron chi connectivity index (χ1n) is 15.9. The van der Waals surface area contributed by atoms with Crippen molar-refractivity contribution in [3.63, 3.8) is 0 Å². The normalized spacial score (nSPS) is 11.4. The summed E-state index contributed by atoms with van der Waals surface area (Å²) >= 11 is 1.89. The van der Waals surface area contributed by atoms with Crippen LogP contribution in [0, 0.1) is 0 Å². The molecule has 0 amide bonds. The number of para-hydroxylation sites is 2. The van der Waals surface area contributed by atoms with E-state index in [1.54, 1.807) is 0 Å². The Bertz CT molecular complexity index is 2490. The van der Waals surface area contributed by atoms with Gasteiger partial charge in [0.2, 0.25) is 0 Å². The molecule has 9 rings (SSSR count). The Balaban J connectivity index is 1.29. The lowest BCUT2D eigenvalue weighted by Crippen LogP contribution is -2.10. The molecule has 9 aromatic rings. The summed E-state index contributed by atoms with van der Waals surface area (Å²) in [6.07, 6.45) is 0. The van der Waals surface area contributed by atoms with Crippen LogP contribution < -0.4 is 4.90 Å². The Kier molecular flexibility index (Phi) is 6.69.